The van der Waals surface area contributed by atoms with Crippen molar-refractivity contribution in [2.24, 2.45) is 0 Å². The first-order chi connectivity index (χ1) is 10.3. The first-order valence-electron chi connectivity index (χ1n) is 7.38. The second-order valence-electron chi connectivity index (χ2n) is 5.36. The van der Waals surface area contributed by atoms with Crippen LogP contribution in [-0.4, -0.2) is 12.0 Å². The van der Waals surface area contributed by atoms with Gasteiger partial charge in [-0.3, -0.25) is 4.79 Å². The summed E-state index contributed by atoms with van der Waals surface area (Å²) in [5, 5.41) is 4.92. The Morgan fingerprint density at radius 3 is 2.86 bits per heavy atom. The lowest BCUT2D eigenvalue weighted by Crippen LogP contribution is -2.14. The van der Waals surface area contributed by atoms with Gasteiger partial charge in [-0.1, -0.05) is 12.1 Å². The Bertz CT molecular complexity index is 589. The molecular formula is C17H19NO2S. The average Bonchev–Trinajstić information content (AvgIpc) is 3.12. The number of ether oxygens (including phenoxy) is 1. The van der Waals surface area contributed by atoms with Crippen molar-refractivity contribution in [1.82, 2.24) is 0 Å². The lowest BCUT2D eigenvalue weighted by molar-refractivity contribution is -0.115. The Balaban J connectivity index is 1.58. The minimum Gasteiger partial charge on any atom is -0.490 e. The van der Waals surface area contributed by atoms with Crippen LogP contribution >= 0.6 is 11.3 Å². The standard InChI is InChI=1S/C17H19NO2S/c19-17(12-16-9-4-10-21-16)18-13-5-3-8-15(11-13)20-14-6-1-2-7-14/h3-5,8-11,14H,1-2,6-7,12H2,(H,18,19). The van der Waals surface area contributed by atoms with E-state index in [2.05, 4.69) is 5.32 Å². The molecule has 21 heavy (non-hydrogen) atoms. The third-order valence-electron chi connectivity index (χ3n) is 3.64. The molecule has 0 bridgehead atoms. The molecule has 0 aliphatic heterocycles. The quantitative estimate of drug-likeness (QED) is 0.896. The minimum atomic E-state index is 0.00969. The van der Waals surface area contributed by atoms with Crippen LogP contribution in [0.3, 0.4) is 0 Å². The number of benzene rings is 1. The molecule has 1 aliphatic rings. The molecule has 1 aliphatic carbocycles. The van der Waals surface area contributed by atoms with Crippen LogP contribution in [0.4, 0.5) is 5.69 Å². The fraction of sp³-hybridized carbons (Fsp3) is 0.353. The van der Waals surface area contributed by atoms with Gasteiger partial charge in [-0.25, -0.2) is 0 Å². The molecule has 0 unspecified atom stereocenters. The van der Waals surface area contributed by atoms with Crippen LogP contribution in [0, 0.1) is 0 Å². The van der Waals surface area contributed by atoms with E-state index in [-0.39, 0.29) is 5.91 Å². The molecule has 0 atom stereocenters. The Hall–Kier alpha value is -1.81. The maximum atomic E-state index is 12.0. The predicted octanol–water partition coefficient (Wildman–Crippen LogP) is 4.25. The van der Waals surface area contributed by atoms with E-state index in [1.165, 1.54) is 12.8 Å². The maximum absolute atomic E-state index is 12.0. The molecule has 1 aromatic heterocycles. The minimum absolute atomic E-state index is 0.00969. The molecule has 110 valence electrons. The number of nitrogens with one attached hydrogen (secondary N) is 1. The summed E-state index contributed by atoms with van der Waals surface area (Å²) in [6.07, 6.45) is 5.53. The first-order valence-corrected chi connectivity index (χ1v) is 8.26. The molecule has 2 aromatic rings. The summed E-state index contributed by atoms with van der Waals surface area (Å²) in [6.45, 7) is 0. The summed E-state index contributed by atoms with van der Waals surface area (Å²) in [5.41, 5.74) is 0.798. The van der Waals surface area contributed by atoms with Crippen molar-refractivity contribution in [2.75, 3.05) is 5.32 Å². The highest BCUT2D eigenvalue weighted by atomic mass is 32.1. The molecule has 1 fully saturated rings. The fourth-order valence-electron chi connectivity index (χ4n) is 2.62. The maximum Gasteiger partial charge on any atom is 0.229 e. The van der Waals surface area contributed by atoms with Crippen LogP contribution in [0.1, 0.15) is 30.6 Å². The van der Waals surface area contributed by atoms with Crippen molar-refractivity contribution in [3.8, 4) is 5.75 Å². The van der Waals surface area contributed by atoms with Crippen molar-refractivity contribution in [2.45, 2.75) is 38.2 Å². The van der Waals surface area contributed by atoms with Crippen LogP contribution in [0.15, 0.2) is 41.8 Å². The van der Waals surface area contributed by atoms with Gasteiger partial charge in [-0.15, -0.1) is 11.3 Å². The van der Waals surface area contributed by atoms with Crippen molar-refractivity contribution in [3.05, 3.63) is 46.7 Å². The molecule has 0 spiro atoms. The molecular weight excluding hydrogens is 282 g/mol. The highest BCUT2D eigenvalue weighted by Crippen LogP contribution is 2.25. The van der Waals surface area contributed by atoms with E-state index in [9.17, 15) is 4.79 Å². The van der Waals surface area contributed by atoms with E-state index in [4.69, 9.17) is 4.74 Å². The smallest absolute Gasteiger partial charge is 0.229 e. The van der Waals surface area contributed by atoms with Crippen LogP contribution in [-0.2, 0) is 11.2 Å². The topological polar surface area (TPSA) is 38.3 Å². The van der Waals surface area contributed by atoms with Crippen molar-refractivity contribution in [3.63, 3.8) is 0 Å². The summed E-state index contributed by atoms with van der Waals surface area (Å²) in [5.74, 6) is 0.853. The lowest BCUT2D eigenvalue weighted by Gasteiger charge is -2.14. The van der Waals surface area contributed by atoms with Gasteiger partial charge in [0.15, 0.2) is 0 Å². The second kappa shape index (κ2) is 6.76. The SMILES string of the molecule is O=C(Cc1cccs1)Nc1cccc(OC2CCCC2)c1. The molecule has 0 radical (unpaired) electrons. The number of carbonyl (C=O) groups excluding carboxylic acids is 1. The van der Waals surface area contributed by atoms with Gasteiger partial charge in [-0.05, 0) is 49.3 Å². The van der Waals surface area contributed by atoms with Gasteiger partial charge >= 0.3 is 0 Å². The van der Waals surface area contributed by atoms with E-state index in [1.54, 1.807) is 11.3 Å². The van der Waals surface area contributed by atoms with Crippen LogP contribution in [0.2, 0.25) is 0 Å². The Labute approximate surface area is 129 Å². The number of thiophene rings is 1. The normalized spacial score (nSPS) is 15.0. The van der Waals surface area contributed by atoms with Crippen LogP contribution < -0.4 is 10.1 Å². The van der Waals surface area contributed by atoms with E-state index in [1.807, 2.05) is 41.8 Å². The van der Waals surface area contributed by atoms with Crippen LogP contribution in [0.25, 0.3) is 0 Å². The lowest BCUT2D eigenvalue weighted by atomic mass is 10.2. The number of carbonyl (C=O) groups is 1. The second-order valence-corrected chi connectivity index (χ2v) is 6.39. The molecule has 0 saturated heterocycles. The molecule has 1 saturated carbocycles. The van der Waals surface area contributed by atoms with E-state index in [0.717, 1.165) is 29.2 Å². The molecule has 1 N–H and O–H groups in total. The largest absolute Gasteiger partial charge is 0.490 e. The zero-order valence-corrected chi connectivity index (χ0v) is 12.7. The van der Waals surface area contributed by atoms with Gasteiger partial charge in [-0.2, -0.15) is 0 Å². The number of rotatable bonds is 5. The Morgan fingerprint density at radius 1 is 1.24 bits per heavy atom. The van der Waals surface area contributed by atoms with E-state index in [0.29, 0.717) is 12.5 Å². The van der Waals surface area contributed by atoms with E-state index >= 15 is 0 Å². The summed E-state index contributed by atoms with van der Waals surface area (Å²) >= 11 is 1.60. The number of hydrogen-bond donors (Lipinski definition) is 1. The fourth-order valence-corrected chi connectivity index (χ4v) is 3.33. The third kappa shape index (κ3) is 4.08. The molecule has 1 heterocycles. The first kappa shape index (κ1) is 14.1. The molecule has 3 rings (SSSR count). The highest BCUT2D eigenvalue weighted by molar-refractivity contribution is 7.10. The average molecular weight is 301 g/mol. The van der Waals surface area contributed by atoms with Gasteiger partial charge in [0.05, 0.1) is 12.5 Å². The van der Waals surface area contributed by atoms with Crippen molar-refractivity contribution in [1.29, 1.82) is 0 Å². The van der Waals surface area contributed by atoms with E-state index < -0.39 is 0 Å². The predicted molar refractivity (Wildman–Crippen MR) is 86.0 cm³/mol. The molecule has 4 heteroatoms. The van der Waals surface area contributed by atoms with Gasteiger partial charge in [0.25, 0.3) is 0 Å². The van der Waals surface area contributed by atoms with Crippen molar-refractivity contribution >= 4 is 22.9 Å². The Morgan fingerprint density at radius 2 is 2.10 bits per heavy atom. The summed E-state index contributed by atoms with van der Waals surface area (Å²) < 4.78 is 5.95. The van der Waals surface area contributed by atoms with Gasteiger partial charge in [0, 0.05) is 16.6 Å². The van der Waals surface area contributed by atoms with Crippen molar-refractivity contribution < 1.29 is 9.53 Å². The van der Waals surface area contributed by atoms with Gasteiger partial charge in [0.1, 0.15) is 5.75 Å². The Kier molecular flexibility index (Phi) is 4.55. The summed E-state index contributed by atoms with van der Waals surface area (Å²) in [6, 6.07) is 11.6. The number of anilines is 1. The monoisotopic (exact) mass is 301 g/mol. The molecule has 1 aromatic carbocycles. The molecule has 3 nitrogen and oxygen atoms in total. The zero-order chi connectivity index (χ0) is 14.5. The number of hydrogen-bond acceptors (Lipinski definition) is 3. The highest BCUT2D eigenvalue weighted by Gasteiger charge is 2.16. The number of amides is 1. The zero-order valence-electron chi connectivity index (χ0n) is 11.9. The summed E-state index contributed by atoms with van der Waals surface area (Å²) in [7, 11) is 0. The third-order valence-corrected chi connectivity index (χ3v) is 4.51. The summed E-state index contributed by atoms with van der Waals surface area (Å²) in [4.78, 5) is 13.1. The van der Waals surface area contributed by atoms with Gasteiger partial charge < -0.3 is 10.1 Å². The van der Waals surface area contributed by atoms with Crippen LogP contribution in [0.5, 0.6) is 5.75 Å². The van der Waals surface area contributed by atoms with Gasteiger partial charge in [0.2, 0.25) is 5.91 Å². The molecule has 1 amide bonds.